The van der Waals surface area contributed by atoms with Gasteiger partial charge in [0.25, 0.3) is 0 Å². The summed E-state index contributed by atoms with van der Waals surface area (Å²) in [5.41, 5.74) is 8.44. The predicted molar refractivity (Wildman–Crippen MR) is 90.3 cm³/mol. The third kappa shape index (κ3) is 3.04. The Balaban J connectivity index is 1.80. The van der Waals surface area contributed by atoms with Crippen molar-refractivity contribution >= 4 is 16.5 Å². The number of nitrogens with two attached hydrogens (primary N) is 1. The molecule has 2 aromatic carbocycles. The molecule has 0 bridgehead atoms. The lowest BCUT2D eigenvalue weighted by Crippen LogP contribution is -2.50. The Kier molecular flexibility index (Phi) is 4.13. The Morgan fingerprint density at radius 2 is 1.86 bits per heavy atom. The van der Waals surface area contributed by atoms with Crippen LogP contribution in [0.25, 0.3) is 10.8 Å². The summed E-state index contributed by atoms with van der Waals surface area (Å²) in [6.07, 6.45) is 1.21. The number of nitrogen functional groups attached to an aromatic ring is 1. The molecule has 1 aliphatic heterocycles. The first kappa shape index (κ1) is 14.4. The van der Waals surface area contributed by atoms with E-state index in [2.05, 4.69) is 60.2 Å². The third-order valence-electron chi connectivity index (χ3n) is 4.73. The van der Waals surface area contributed by atoms with Crippen molar-refractivity contribution in [3.05, 3.63) is 42.0 Å². The highest BCUT2D eigenvalue weighted by Gasteiger charge is 2.23. The second kappa shape index (κ2) is 6.04. The van der Waals surface area contributed by atoms with Crippen LogP contribution in [0.5, 0.6) is 0 Å². The zero-order valence-electron chi connectivity index (χ0n) is 13.0. The number of piperazine rings is 1. The van der Waals surface area contributed by atoms with Crippen LogP contribution >= 0.6 is 0 Å². The summed E-state index contributed by atoms with van der Waals surface area (Å²) < 4.78 is 0. The number of hydrogen-bond donors (Lipinski definition) is 1. The van der Waals surface area contributed by atoms with Gasteiger partial charge in [-0.15, -0.1) is 0 Å². The van der Waals surface area contributed by atoms with Crippen molar-refractivity contribution in [3.8, 4) is 0 Å². The van der Waals surface area contributed by atoms with Gasteiger partial charge in [0, 0.05) is 37.9 Å². The molecule has 21 heavy (non-hydrogen) atoms. The number of nitrogens with zero attached hydrogens (tertiary/aromatic N) is 2. The van der Waals surface area contributed by atoms with Crippen molar-refractivity contribution in [3.63, 3.8) is 0 Å². The van der Waals surface area contributed by atoms with E-state index in [0.29, 0.717) is 6.04 Å². The Hall–Kier alpha value is -1.58. The lowest BCUT2D eigenvalue weighted by molar-refractivity contribution is 0.0885. The topological polar surface area (TPSA) is 32.5 Å². The van der Waals surface area contributed by atoms with Gasteiger partial charge in [0.1, 0.15) is 0 Å². The number of fused-ring (bicyclic) bond motifs is 1. The van der Waals surface area contributed by atoms with E-state index in [1.165, 1.54) is 22.8 Å². The minimum Gasteiger partial charge on any atom is -0.398 e. The van der Waals surface area contributed by atoms with E-state index in [9.17, 15) is 0 Å². The second-order valence-electron chi connectivity index (χ2n) is 6.18. The number of anilines is 1. The van der Waals surface area contributed by atoms with Crippen LogP contribution in [0.4, 0.5) is 5.69 Å². The van der Waals surface area contributed by atoms with Gasteiger partial charge in [-0.3, -0.25) is 4.90 Å². The molecule has 1 atom stereocenters. The fourth-order valence-corrected chi connectivity index (χ4v) is 3.28. The van der Waals surface area contributed by atoms with Crippen LogP contribution in [0.2, 0.25) is 0 Å². The van der Waals surface area contributed by atoms with Crippen molar-refractivity contribution in [2.24, 2.45) is 0 Å². The fourth-order valence-electron chi connectivity index (χ4n) is 3.28. The zero-order chi connectivity index (χ0) is 14.8. The van der Waals surface area contributed by atoms with Crippen LogP contribution in [0.15, 0.2) is 36.4 Å². The molecule has 0 saturated carbocycles. The van der Waals surface area contributed by atoms with Crippen molar-refractivity contribution in [2.45, 2.75) is 25.9 Å². The molecule has 1 saturated heterocycles. The maximum absolute atomic E-state index is 6.26. The monoisotopic (exact) mass is 283 g/mol. The molecular weight excluding hydrogens is 258 g/mol. The van der Waals surface area contributed by atoms with E-state index >= 15 is 0 Å². The summed E-state index contributed by atoms with van der Waals surface area (Å²) in [4.78, 5) is 5.01. The van der Waals surface area contributed by atoms with Gasteiger partial charge in [0.15, 0.2) is 0 Å². The molecule has 0 aliphatic carbocycles. The smallest absolute Gasteiger partial charge is 0.0366 e. The summed E-state index contributed by atoms with van der Waals surface area (Å²) in [7, 11) is 2.23. The molecular formula is C18H25N3. The van der Waals surface area contributed by atoms with E-state index < -0.39 is 0 Å². The third-order valence-corrected chi connectivity index (χ3v) is 4.73. The maximum atomic E-state index is 6.26. The summed E-state index contributed by atoms with van der Waals surface area (Å²) in [6, 6.07) is 13.5. The molecule has 1 unspecified atom stereocenters. The largest absolute Gasteiger partial charge is 0.398 e. The standard InChI is InChI=1S/C18H25N3/c1-3-17-13-21(9-8-20(17)2)12-16-10-14-6-4-5-7-15(14)11-18(16)19/h4-7,10-11,17H,3,8-9,12-13,19H2,1-2H3. The number of hydrogen-bond acceptors (Lipinski definition) is 3. The quantitative estimate of drug-likeness (QED) is 0.879. The first-order valence-corrected chi connectivity index (χ1v) is 7.87. The Morgan fingerprint density at radius 3 is 2.57 bits per heavy atom. The van der Waals surface area contributed by atoms with Gasteiger partial charge in [-0.25, -0.2) is 0 Å². The fraction of sp³-hybridized carbons (Fsp3) is 0.444. The molecule has 1 fully saturated rings. The van der Waals surface area contributed by atoms with E-state index in [0.717, 1.165) is 31.9 Å². The summed E-state index contributed by atoms with van der Waals surface area (Å²) >= 11 is 0. The molecule has 2 N–H and O–H groups in total. The van der Waals surface area contributed by atoms with Gasteiger partial charge in [0.2, 0.25) is 0 Å². The summed E-state index contributed by atoms with van der Waals surface area (Å²) in [5, 5.41) is 2.51. The van der Waals surface area contributed by atoms with Crippen LogP contribution in [0.1, 0.15) is 18.9 Å². The Labute approximate surface area is 127 Å². The second-order valence-corrected chi connectivity index (χ2v) is 6.18. The Bertz CT molecular complexity index is 623. The number of rotatable bonds is 3. The van der Waals surface area contributed by atoms with Gasteiger partial charge in [0.05, 0.1) is 0 Å². The molecule has 3 nitrogen and oxygen atoms in total. The van der Waals surface area contributed by atoms with E-state index in [1.54, 1.807) is 0 Å². The van der Waals surface area contributed by atoms with E-state index in [4.69, 9.17) is 5.73 Å². The Morgan fingerprint density at radius 1 is 1.14 bits per heavy atom. The molecule has 2 aromatic rings. The molecule has 3 rings (SSSR count). The summed E-state index contributed by atoms with van der Waals surface area (Å²) in [5.74, 6) is 0. The van der Waals surface area contributed by atoms with Crippen LogP contribution in [-0.4, -0.2) is 42.5 Å². The number of benzene rings is 2. The highest BCUT2D eigenvalue weighted by Crippen LogP contribution is 2.24. The number of likely N-dealkylation sites (N-methyl/N-ethyl adjacent to an activating group) is 1. The molecule has 0 amide bonds. The average Bonchev–Trinajstić information content (AvgIpc) is 2.50. The van der Waals surface area contributed by atoms with Crippen molar-refractivity contribution in [1.29, 1.82) is 0 Å². The van der Waals surface area contributed by atoms with Crippen molar-refractivity contribution in [2.75, 3.05) is 32.4 Å². The predicted octanol–water partition coefficient (Wildman–Crippen LogP) is 2.95. The lowest BCUT2D eigenvalue weighted by atomic mass is 10.0. The first-order chi connectivity index (χ1) is 10.2. The first-order valence-electron chi connectivity index (χ1n) is 7.87. The van der Waals surface area contributed by atoms with Crippen LogP contribution in [0, 0.1) is 0 Å². The van der Waals surface area contributed by atoms with Gasteiger partial charge < -0.3 is 10.6 Å². The molecule has 112 valence electrons. The van der Waals surface area contributed by atoms with Crippen molar-refractivity contribution in [1.82, 2.24) is 9.80 Å². The van der Waals surface area contributed by atoms with Gasteiger partial charge in [-0.05, 0) is 41.9 Å². The molecule has 1 heterocycles. The molecule has 3 heteroatoms. The highest BCUT2D eigenvalue weighted by molar-refractivity contribution is 5.86. The van der Waals surface area contributed by atoms with E-state index in [1.807, 2.05) is 0 Å². The average molecular weight is 283 g/mol. The maximum Gasteiger partial charge on any atom is 0.0366 e. The van der Waals surface area contributed by atoms with E-state index in [-0.39, 0.29) is 0 Å². The molecule has 0 radical (unpaired) electrons. The summed E-state index contributed by atoms with van der Waals surface area (Å²) in [6.45, 7) is 6.64. The normalized spacial score (nSPS) is 21.0. The van der Waals surface area contributed by atoms with Gasteiger partial charge in [-0.1, -0.05) is 31.2 Å². The molecule has 1 aliphatic rings. The van der Waals surface area contributed by atoms with Crippen LogP contribution in [0.3, 0.4) is 0 Å². The SMILES string of the molecule is CCC1CN(Cc2cc3ccccc3cc2N)CCN1C. The molecule has 0 aromatic heterocycles. The lowest BCUT2D eigenvalue weighted by Gasteiger charge is -2.39. The van der Waals surface area contributed by atoms with Crippen LogP contribution in [-0.2, 0) is 6.54 Å². The van der Waals surface area contributed by atoms with Crippen LogP contribution < -0.4 is 5.73 Å². The minimum atomic E-state index is 0.667. The van der Waals surface area contributed by atoms with Gasteiger partial charge in [-0.2, -0.15) is 0 Å². The zero-order valence-corrected chi connectivity index (χ0v) is 13.0. The van der Waals surface area contributed by atoms with Gasteiger partial charge >= 0.3 is 0 Å². The van der Waals surface area contributed by atoms with Crippen molar-refractivity contribution < 1.29 is 0 Å². The molecule has 0 spiro atoms. The minimum absolute atomic E-state index is 0.667. The highest BCUT2D eigenvalue weighted by atomic mass is 15.3.